The second-order valence-electron chi connectivity index (χ2n) is 3.13. The lowest BCUT2D eigenvalue weighted by Crippen LogP contribution is -2.28. The van der Waals surface area contributed by atoms with Crippen molar-refractivity contribution in [3.05, 3.63) is 29.8 Å². The first-order chi connectivity index (χ1) is 6.22. The van der Waals surface area contributed by atoms with E-state index in [9.17, 15) is 0 Å². The van der Waals surface area contributed by atoms with Crippen molar-refractivity contribution in [2.75, 3.05) is 6.61 Å². The maximum atomic E-state index is 9.16. The van der Waals surface area contributed by atoms with E-state index in [1.54, 1.807) is 18.2 Å². The third kappa shape index (κ3) is 3.44. The van der Waals surface area contributed by atoms with Crippen LogP contribution in [0.15, 0.2) is 24.3 Å². The summed E-state index contributed by atoms with van der Waals surface area (Å²) in [6.07, 6.45) is 0. The van der Waals surface area contributed by atoms with E-state index >= 15 is 0 Å². The van der Waals surface area contributed by atoms with Gasteiger partial charge in [-0.05, 0) is 24.6 Å². The van der Waals surface area contributed by atoms with Crippen molar-refractivity contribution < 1.29 is 10.2 Å². The molecular weight excluding hydrogens is 166 g/mol. The van der Waals surface area contributed by atoms with Crippen molar-refractivity contribution in [2.45, 2.75) is 19.5 Å². The number of hydrogen-bond donors (Lipinski definition) is 3. The van der Waals surface area contributed by atoms with Gasteiger partial charge in [-0.2, -0.15) is 0 Å². The van der Waals surface area contributed by atoms with Crippen LogP contribution in [0.4, 0.5) is 0 Å². The second-order valence-corrected chi connectivity index (χ2v) is 3.13. The van der Waals surface area contributed by atoms with E-state index in [0.717, 1.165) is 5.56 Å². The van der Waals surface area contributed by atoms with Gasteiger partial charge < -0.3 is 15.5 Å². The Morgan fingerprint density at radius 2 is 2.23 bits per heavy atom. The molecule has 0 saturated carbocycles. The fourth-order valence-electron chi connectivity index (χ4n) is 1.02. The van der Waals surface area contributed by atoms with Crippen molar-refractivity contribution in [1.29, 1.82) is 0 Å². The van der Waals surface area contributed by atoms with Gasteiger partial charge in [-0.1, -0.05) is 12.1 Å². The minimum Gasteiger partial charge on any atom is -0.508 e. The van der Waals surface area contributed by atoms with Crippen molar-refractivity contribution >= 4 is 0 Å². The van der Waals surface area contributed by atoms with Crippen LogP contribution in [0.3, 0.4) is 0 Å². The van der Waals surface area contributed by atoms with Gasteiger partial charge in [0.1, 0.15) is 5.75 Å². The Morgan fingerprint density at radius 1 is 1.46 bits per heavy atom. The van der Waals surface area contributed by atoms with Crippen LogP contribution in [0.25, 0.3) is 0 Å². The molecule has 13 heavy (non-hydrogen) atoms. The second kappa shape index (κ2) is 4.84. The van der Waals surface area contributed by atoms with Crippen molar-refractivity contribution in [3.8, 4) is 5.75 Å². The average Bonchev–Trinajstić information content (AvgIpc) is 2.14. The smallest absolute Gasteiger partial charge is 0.115 e. The first-order valence-corrected chi connectivity index (χ1v) is 4.34. The van der Waals surface area contributed by atoms with E-state index < -0.39 is 0 Å². The predicted octanol–water partition coefficient (Wildman–Crippen LogP) is 0.863. The first kappa shape index (κ1) is 10.0. The lowest BCUT2D eigenvalue weighted by atomic mass is 10.2. The third-order valence-corrected chi connectivity index (χ3v) is 1.84. The zero-order valence-corrected chi connectivity index (χ0v) is 7.70. The van der Waals surface area contributed by atoms with Gasteiger partial charge in [0.05, 0.1) is 6.61 Å². The van der Waals surface area contributed by atoms with Crippen molar-refractivity contribution in [2.24, 2.45) is 0 Å². The summed E-state index contributed by atoms with van der Waals surface area (Å²) in [5.41, 5.74) is 1.01. The highest BCUT2D eigenvalue weighted by Crippen LogP contribution is 2.10. The highest BCUT2D eigenvalue weighted by Gasteiger charge is 1.99. The Balaban J connectivity index is 2.45. The van der Waals surface area contributed by atoms with Gasteiger partial charge in [0.15, 0.2) is 0 Å². The van der Waals surface area contributed by atoms with Crippen molar-refractivity contribution in [3.63, 3.8) is 0 Å². The standard InChI is InChI=1S/C10H15NO2/c1-8(7-12)11-6-9-3-2-4-10(13)5-9/h2-5,8,11-13H,6-7H2,1H3/t8-/m1/s1. The maximum absolute atomic E-state index is 9.16. The van der Waals surface area contributed by atoms with Crippen molar-refractivity contribution in [1.82, 2.24) is 5.32 Å². The van der Waals surface area contributed by atoms with Gasteiger partial charge in [0, 0.05) is 12.6 Å². The number of phenolic OH excluding ortho intramolecular Hbond substituents is 1. The Kier molecular flexibility index (Phi) is 3.73. The molecule has 0 spiro atoms. The summed E-state index contributed by atoms with van der Waals surface area (Å²) in [5.74, 6) is 0.274. The third-order valence-electron chi connectivity index (χ3n) is 1.84. The lowest BCUT2D eigenvalue weighted by molar-refractivity contribution is 0.251. The first-order valence-electron chi connectivity index (χ1n) is 4.34. The average molecular weight is 181 g/mol. The summed E-state index contributed by atoms with van der Waals surface area (Å²) < 4.78 is 0. The van der Waals surface area contributed by atoms with E-state index in [-0.39, 0.29) is 18.4 Å². The number of benzene rings is 1. The molecule has 0 unspecified atom stereocenters. The molecule has 3 heteroatoms. The van der Waals surface area contributed by atoms with Crippen LogP contribution in [0.2, 0.25) is 0 Å². The Hall–Kier alpha value is -1.06. The van der Waals surface area contributed by atoms with Gasteiger partial charge in [-0.15, -0.1) is 0 Å². The Bertz CT molecular complexity index is 263. The topological polar surface area (TPSA) is 52.5 Å². The quantitative estimate of drug-likeness (QED) is 0.646. The fourth-order valence-corrected chi connectivity index (χ4v) is 1.02. The van der Waals surface area contributed by atoms with Gasteiger partial charge >= 0.3 is 0 Å². The molecule has 0 saturated heterocycles. The summed E-state index contributed by atoms with van der Waals surface area (Å²) in [5, 5.41) is 21.0. The van der Waals surface area contributed by atoms with Gasteiger partial charge in [0.25, 0.3) is 0 Å². The van der Waals surface area contributed by atoms with Gasteiger partial charge in [0.2, 0.25) is 0 Å². The van der Waals surface area contributed by atoms with E-state index in [0.29, 0.717) is 6.54 Å². The molecule has 3 nitrogen and oxygen atoms in total. The van der Waals surface area contributed by atoms with Crippen LogP contribution in [0.5, 0.6) is 5.75 Å². The number of hydrogen-bond acceptors (Lipinski definition) is 3. The van der Waals surface area contributed by atoms with E-state index in [2.05, 4.69) is 5.32 Å². The summed E-state index contributed by atoms with van der Waals surface area (Å²) in [4.78, 5) is 0. The number of aromatic hydroxyl groups is 1. The molecule has 0 radical (unpaired) electrons. The van der Waals surface area contributed by atoms with Crippen LogP contribution >= 0.6 is 0 Å². The molecule has 1 aromatic rings. The number of nitrogens with one attached hydrogen (secondary N) is 1. The SMILES string of the molecule is C[C@H](CO)NCc1cccc(O)c1. The van der Waals surface area contributed by atoms with E-state index in [1.807, 2.05) is 13.0 Å². The van der Waals surface area contributed by atoms with Gasteiger partial charge in [-0.3, -0.25) is 0 Å². The molecule has 0 aromatic heterocycles. The zero-order valence-electron chi connectivity index (χ0n) is 7.70. The van der Waals surface area contributed by atoms with E-state index in [4.69, 9.17) is 10.2 Å². The van der Waals surface area contributed by atoms with Crippen LogP contribution in [-0.4, -0.2) is 22.9 Å². The van der Waals surface area contributed by atoms with Crippen LogP contribution in [0, 0.1) is 0 Å². The van der Waals surface area contributed by atoms with Crippen LogP contribution < -0.4 is 5.32 Å². The molecule has 72 valence electrons. The minimum atomic E-state index is 0.0855. The molecule has 0 bridgehead atoms. The Morgan fingerprint density at radius 3 is 2.85 bits per heavy atom. The largest absolute Gasteiger partial charge is 0.508 e. The molecule has 0 aliphatic heterocycles. The van der Waals surface area contributed by atoms with Crippen LogP contribution in [0.1, 0.15) is 12.5 Å². The lowest BCUT2D eigenvalue weighted by Gasteiger charge is -2.10. The number of aliphatic hydroxyl groups excluding tert-OH is 1. The summed E-state index contributed by atoms with van der Waals surface area (Å²) in [7, 11) is 0. The molecular formula is C10H15NO2. The number of rotatable bonds is 4. The zero-order chi connectivity index (χ0) is 9.68. The molecule has 0 amide bonds. The molecule has 0 fully saturated rings. The monoisotopic (exact) mass is 181 g/mol. The molecule has 0 aliphatic rings. The maximum Gasteiger partial charge on any atom is 0.115 e. The number of aliphatic hydroxyl groups is 1. The summed E-state index contributed by atoms with van der Waals surface area (Å²) >= 11 is 0. The van der Waals surface area contributed by atoms with Crippen LogP contribution in [-0.2, 0) is 6.54 Å². The molecule has 1 rings (SSSR count). The van der Waals surface area contributed by atoms with E-state index in [1.165, 1.54) is 0 Å². The molecule has 1 aromatic carbocycles. The molecule has 0 heterocycles. The predicted molar refractivity (Wildman–Crippen MR) is 51.5 cm³/mol. The number of phenols is 1. The fraction of sp³-hybridized carbons (Fsp3) is 0.400. The minimum absolute atomic E-state index is 0.0855. The molecule has 0 aliphatic carbocycles. The highest BCUT2D eigenvalue weighted by atomic mass is 16.3. The molecule has 3 N–H and O–H groups in total. The summed E-state index contributed by atoms with van der Waals surface area (Å²) in [6, 6.07) is 7.16. The Labute approximate surface area is 78.0 Å². The highest BCUT2D eigenvalue weighted by molar-refractivity contribution is 5.26. The molecule has 1 atom stereocenters. The summed E-state index contributed by atoms with van der Waals surface area (Å²) in [6.45, 7) is 2.69. The van der Waals surface area contributed by atoms with Gasteiger partial charge in [-0.25, -0.2) is 0 Å². The normalized spacial score (nSPS) is 12.8.